The smallest absolute Gasteiger partial charge is 0.326 e. The topological polar surface area (TPSA) is 69.6 Å². The highest BCUT2D eigenvalue weighted by atomic mass is 16.4. The Morgan fingerprint density at radius 2 is 2.25 bits per heavy atom. The molecule has 1 aliphatic rings. The zero-order valence-electron chi connectivity index (χ0n) is 9.90. The molecule has 0 spiro atoms. The fourth-order valence-electron chi connectivity index (χ4n) is 2.01. The van der Waals surface area contributed by atoms with Crippen LogP contribution in [0.2, 0.25) is 0 Å². The van der Waals surface area contributed by atoms with Crippen molar-refractivity contribution >= 4 is 12.0 Å². The lowest BCUT2D eigenvalue weighted by Crippen LogP contribution is -2.48. The van der Waals surface area contributed by atoms with Crippen molar-refractivity contribution in [2.75, 3.05) is 6.54 Å². The van der Waals surface area contributed by atoms with Crippen LogP contribution < -0.4 is 5.32 Å². The zero-order valence-corrected chi connectivity index (χ0v) is 9.90. The lowest BCUT2D eigenvalue weighted by atomic mass is 10.2. The number of nitrogens with zero attached hydrogens (tertiary/aromatic N) is 1. The van der Waals surface area contributed by atoms with E-state index in [0.717, 1.165) is 25.8 Å². The number of rotatable bonds is 4. The van der Waals surface area contributed by atoms with Crippen LogP contribution in [0.1, 0.15) is 39.5 Å². The summed E-state index contributed by atoms with van der Waals surface area (Å²) in [5, 5.41) is 11.5. The maximum absolute atomic E-state index is 11.8. The summed E-state index contributed by atoms with van der Waals surface area (Å²) in [6.07, 6.45) is 3.22. The summed E-state index contributed by atoms with van der Waals surface area (Å²) >= 11 is 0. The Morgan fingerprint density at radius 1 is 1.56 bits per heavy atom. The number of likely N-dealkylation sites (tertiary alicyclic amines) is 1. The second-order valence-corrected chi connectivity index (χ2v) is 4.31. The molecule has 2 N–H and O–H groups in total. The molecule has 1 heterocycles. The van der Waals surface area contributed by atoms with E-state index in [-0.39, 0.29) is 12.1 Å². The van der Waals surface area contributed by atoms with Crippen LogP contribution >= 0.6 is 0 Å². The van der Waals surface area contributed by atoms with Crippen molar-refractivity contribution in [2.45, 2.75) is 51.6 Å². The standard InChI is InChI=1S/C11H20N2O3/c1-3-5-9(10(14)15)12-11(16)13-7-4-6-8(13)2/h8-9H,3-7H2,1-2H3,(H,12,16)(H,14,15)/t8?,9-/m0/s1. The fraction of sp³-hybridized carbons (Fsp3) is 0.818. The Labute approximate surface area is 95.8 Å². The minimum absolute atomic E-state index is 0.219. The van der Waals surface area contributed by atoms with E-state index >= 15 is 0 Å². The third-order valence-electron chi connectivity index (χ3n) is 2.99. The molecule has 2 amide bonds. The van der Waals surface area contributed by atoms with Gasteiger partial charge in [-0.2, -0.15) is 0 Å². The second-order valence-electron chi connectivity index (χ2n) is 4.31. The highest BCUT2D eigenvalue weighted by molar-refractivity contribution is 5.82. The molecule has 0 saturated carbocycles. The number of carbonyl (C=O) groups excluding carboxylic acids is 1. The summed E-state index contributed by atoms with van der Waals surface area (Å²) in [5.41, 5.74) is 0. The minimum atomic E-state index is -0.956. The zero-order chi connectivity index (χ0) is 12.1. The van der Waals surface area contributed by atoms with E-state index in [1.54, 1.807) is 4.90 Å². The molecular formula is C11H20N2O3. The Morgan fingerprint density at radius 3 is 2.69 bits per heavy atom. The highest BCUT2D eigenvalue weighted by Gasteiger charge is 2.28. The highest BCUT2D eigenvalue weighted by Crippen LogP contribution is 2.16. The van der Waals surface area contributed by atoms with E-state index in [1.165, 1.54) is 0 Å². The van der Waals surface area contributed by atoms with Gasteiger partial charge in [0.1, 0.15) is 6.04 Å². The molecule has 0 radical (unpaired) electrons. The van der Waals surface area contributed by atoms with Gasteiger partial charge in [0, 0.05) is 12.6 Å². The van der Waals surface area contributed by atoms with Crippen molar-refractivity contribution in [1.82, 2.24) is 10.2 Å². The average Bonchev–Trinajstić information content (AvgIpc) is 2.63. The molecule has 0 aliphatic carbocycles. The lowest BCUT2D eigenvalue weighted by molar-refractivity contribution is -0.139. The van der Waals surface area contributed by atoms with E-state index < -0.39 is 12.0 Å². The average molecular weight is 228 g/mol. The Balaban J connectivity index is 2.50. The van der Waals surface area contributed by atoms with E-state index in [1.807, 2.05) is 13.8 Å². The molecule has 1 saturated heterocycles. The van der Waals surface area contributed by atoms with Crippen LogP contribution in [0.3, 0.4) is 0 Å². The van der Waals surface area contributed by atoms with Crippen molar-refractivity contribution in [3.05, 3.63) is 0 Å². The lowest BCUT2D eigenvalue weighted by Gasteiger charge is -2.24. The summed E-state index contributed by atoms with van der Waals surface area (Å²) in [4.78, 5) is 24.4. The molecule has 1 fully saturated rings. The van der Waals surface area contributed by atoms with E-state index in [4.69, 9.17) is 5.11 Å². The molecule has 0 aromatic carbocycles. The summed E-state index contributed by atoms with van der Waals surface area (Å²) in [5.74, 6) is -0.956. The van der Waals surface area contributed by atoms with Gasteiger partial charge in [0.15, 0.2) is 0 Å². The molecule has 5 heteroatoms. The maximum Gasteiger partial charge on any atom is 0.326 e. The predicted molar refractivity (Wildman–Crippen MR) is 60.3 cm³/mol. The molecule has 1 rings (SSSR count). The SMILES string of the molecule is CCC[C@H](NC(=O)N1CCCC1C)C(=O)O. The number of carboxylic acid groups (broad SMARTS) is 1. The first kappa shape index (κ1) is 12.8. The fourth-order valence-corrected chi connectivity index (χ4v) is 2.01. The maximum atomic E-state index is 11.8. The van der Waals surface area contributed by atoms with Crippen molar-refractivity contribution < 1.29 is 14.7 Å². The van der Waals surface area contributed by atoms with Gasteiger partial charge in [-0.15, -0.1) is 0 Å². The molecule has 92 valence electrons. The van der Waals surface area contributed by atoms with Crippen LogP contribution in [0.25, 0.3) is 0 Å². The molecule has 16 heavy (non-hydrogen) atoms. The van der Waals surface area contributed by atoms with Crippen molar-refractivity contribution in [1.29, 1.82) is 0 Å². The molecule has 0 aromatic rings. The second kappa shape index (κ2) is 5.72. The number of carbonyl (C=O) groups is 2. The van der Waals surface area contributed by atoms with Crippen LogP contribution in [0, 0.1) is 0 Å². The van der Waals surface area contributed by atoms with Gasteiger partial charge < -0.3 is 15.3 Å². The predicted octanol–water partition coefficient (Wildman–Crippen LogP) is 1.43. The Hall–Kier alpha value is -1.26. The van der Waals surface area contributed by atoms with Gasteiger partial charge in [0.25, 0.3) is 0 Å². The largest absolute Gasteiger partial charge is 0.480 e. The van der Waals surface area contributed by atoms with Crippen LogP contribution in [-0.2, 0) is 4.79 Å². The third kappa shape index (κ3) is 3.12. The van der Waals surface area contributed by atoms with Crippen LogP contribution in [-0.4, -0.2) is 40.6 Å². The van der Waals surface area contributed by atoms with Crippen molar-refractivity contribution in [3.63, 3.8) is 0 Å². The van der Waals surface area contributed by atoms with Gasteiger partial charge >= 0.3 is 12.0 Å². The van der Waals surface area contributed by atoms with E-state index in [2.05, 4.69) is 5.32 Å². The summed E-state index contributed by atoms with van der Waals surface area (Å²) < 4.78 is 0. The molecule has 0 aromatic heterocycles. The number of hydrogen-bond donors (Lipinski definition) is 2. The van der Waals surface area contributed by atoms with E-state index in [9.17, 15) is 9.59 Å². The molecule has 1 aliphatic heterocycles. The number of carboxylic acids is 1. The quantitative estimate of drug-likeness (QED) is 0.764. The molecule has 1 unspecified atom stereocenters. The van der Waals surface area contributed by atoms with Gasteiger partial charge in [-0.05, 0) is 26.2 Å². The number of amides is 2. The first-order valence-electron chi connectivity index (χ1n) is 5.86. The van der Waals surface area contributed by atoms with Crippen molar-refractivity contribution in [3.8, 4) is 0 Å². The van der Waals surface area contributed by atoms with Crippen LogP contribution in [0.5, 0.6) is 0 Å². The number of hydrogen-bond acceptors (Lipinski definition) is 2. The first-order valence-corrected chi connectivity index (χ1v) is 5.86. The van der Waals surface area contributed by atoms with Gasteiger partial charge in [-0.25, -0.2) is 9.59 Å². The van der Waals surface area contributed by atoms with Crippen molar-refractivity contribution in [2.24, 2.45) is 0 Å². The van der Waals surface area contributed by atoms with Gasteiger partial charge in [0.05, 0.1) is 0 Å². The molecule has 0 bridgehead atoms. The molecule has 2 atom stereocenters. The van der Waals surface area contributed by atoms with Crippen LogP contribution in [0.15, 0.2) is 0 Å². The van der Waals surface area contributed by atoms with Gasteiger partial charge in [0.2, 0.25) is 0 Å². The summed E-state index contributed by atoms with van der Waals surface area (Å²) in [6.45, 7) is 4.62. The third-order valence-corrected chi connectivity index (χ3v) is 2.99. The summed E-state index contributed by atoms with van der Waals surface area (Å²) in [7, 11) is 0. The summed E-state index contributed by atoms with van der Waals surface area (Å²) in [6, 6.07) is -0.785. The number of nitrogens with one attached hydrogen (secondary N) is 1. The van der Waals surface area contributed by atoms with Gasteiger partial charge in [-0.3, -0.25) is 0 Å². The van der Waals surface area contributed by atoms with Gasteiger partial charge in [-0.1, -0.05) is 13.3 Å². The first-order chi connectivity index (χ1) is 7.56. The Kier molecular flexibility index (Phi) is 4.58. The molecular weight excluding hydrogens is 208 g/mol. The monoisotopic (exact) mass is 228 g/mol. The molecule has 5 nitrogen and oxygen atoms in total. The minimum Gasteiger partial charge on any atom is -0.480 e. The van der Waals surface area contributed by atoms with Crippen LogP contribution in [0.4, 0.5) is 4.79 Å². The Bertz CT molecular complexity index is 268. The normalized spacial score (nSPS) is 21.9. The number of aliphatic carboxylic acids is 1. The van der Waals surface area contributed by atoms with E-state index in [0.29, 0.717) is 6.42 Å². The number of urea groups is 1.